The molecule has 0 saturated carbocycles. The molecule has 7 heteroatoms. The SMILES string of the molecule is C=C/C=C\C(Cl)=C(/N)n1nc(I)cc1C(=O)O. The van der Waals surface area contributed by atoms with E-state index in [4.69, 9.17) is 22.4 Å². The predicted octanol–water partition coefficient (Wildman–Crippen LogP) is 2.25. The zero-order valence-corrected chi connectivity index (χ0v) is 11.5. The fourth-order valence-corrected chi connectivity index (χ4v) is 1.69. The molecule has 0 spiro atoms. The van der Waals surface area contributed by atoms with Crippen LogP contribution in [0.15, 0.2) is 35.9 Å². The van der Waals surface area contributed by atoms with Gasteiger partial charge in [0.2, 0.25) is 0 Å². The van der Waals surface area contributed by atoms with Crippen molar-refractivity contribution in [2.45, 2.75) is 0 Å². The molecule has 17 heavy (non-hydrogen) atoms. The first-order chi connectivity index (χ1) is 7.97. The summed E-state index contributed by atoms with van der Waals surface area (Å²) < 4.78 is 1.60. The lowest BCUT2D eigenvalue weighted by atomic mass is 10.4. The van der Waals surface area contributed by atoms with Gasteiger partial charge in [-0.2, -0.15) is 5.10 Å². The number of nitrogens with zero attached hydrogens (tertiary/aromatic N) is 2. The minimum Gasteiger partial charge on any atom is -0.477 e. The van der Waals surface area contributed by atoms with Gasteiger partial charge in [0.1, 0.15) is 9.52 Å². The third-order valence-corrected chi connectivity index (χ3v) is 2.60. The van der Waals surface area contributed by atoms with Crippen molar-refractivity contribution in [3.63, 3.8) is 0 Å². The largest absolute Gasteiger partial charge is 0.477 e. The number of hydrogen-bond acceptors (Lipinski definition) is 3. The highest BCUT2D eigenvalue weighted by atomic mass is 127. The first-order valence-electron chi connectivity index (χ1n) is 4.41. The fraction of sp³-hybridized carbons (Fsp3) is 0. The molecule has 0 atom stereocenters. The first kappa shape index (κ1) is 13.8. The summed E-state index contributed by atoms with van der Waals surface area (Å²) in [6.07, 6.45) is 4.62. The molecule has 1 aromatic heterocycles. The van der Waals surface area contributed by atoms with Gasteiger partial charge >= 0.3 is 5.97 Å². The van der Waals surface area contributed by atoms with Crippen LogP contribution in [0.3, 0.4) is 0 Å². The Bertz CT molecular complexity index is 520. The lowest BCUT2D eigenvalue weighted by Gasteiger charge is -2.05. The van der Waals surface area contributed by atoms with E-state index in [1.165, 1.54) is 18.2 Å². The molecule has 0 amide bonds. The molecule has 90 valence electrons. The monoisotopic (exact) mass is 365 g/mol. The van der Waals surface area contributed by atoms with Crippen LogP contribution in [0.25, 0.3) is 5.82 Å². The molecule has 0 aliphatic carbocycles. The summed E-state index contributed by atoms with van der Waals surface area (Å²) in [6.45, 7) is 3.49. The maximum absolute atomic E-state index is 11.0. The van der Waals surface area contributed by atoms with Crippen LogP contribution in [0.2, 0.25) is 0 Å². The molecular weight excluding hydrogens is 356 g/mol. The van der Waals surface area contributed by atoms with Crippen LogP contribution in [0, 0.1) is 3.70 Å². The minimum atomic E-state index is -1.12. The van der Waals surface area contributed by atoms with Gasteiger partial charge in [0.25, 0.3) is 0 Å². The average Bonchev–Trinajstić information content (AvgIpc) is 2.67. The van der Waals surface area contributed by atoms with Gasteiger partial charge in [0.15, 0.2) is 5.69 Å². The van der Waals surface area contributed by atoms with Crippen LogP contribution in [-0.2, 0) is 0 Å². The third-order valence-electron chi connectivity index (χ3n) is 1.75. The summed E-state index contributed by atoms with van der Waals surface area (Å²) in [5.74, 6) is -1.08. The number of halogens is 2. The van der Waals surface area contributed by atoms with Crippen molar-refractivity contribution in [2.24, 2.45) is 5.73 Å². The van der Waals surface area contributed by atoms with Crippen molar-refractivity contribution >= 4 is 46.0 Å². The Morgan fingerprint density at radius 1 is 1.71 bits per heavy atom. The molecule has 0 aliphatic heterocycles. The summed E-state index contributed by atoms with van der Waals surface area (Å²) >= 11 is 7.79. The van der Waals surface area contributed by atoms with E-state index in [-0.39, 0.29) is 16.5 Å². The smallest absolute Gasteiger partial charge is 0.354 e. The Morgan fingerprint density at radius 2 is 2.35 bits per heavy atom. The number of aromatic nitrogens is 2. The topological polar surface area (TPSA) is 81.1 Å². The molecule has 1 rings (SSSR count). The van der Waals surface area contributed by atoms with E-state index < -0.39 is 5.97 Å². The van der Waals surface area contributed by atoms with Crippen molar-refractivity contribution in [2.75, 3.05) is 0 Å². The van der Waals surface area contributed by atoms with E-state index in [9.17, 15) is 4.79 Å². The van der Waals surface area contributed by atoms with Gasteiger partial charge in [-0.25, -0.2) is 9.48 Å². The van der Waals surface area contributed by atoms with E-state index in [2.05, 4.69) is 11.7 Å². The van der Waals surface area contributed by atoms with Gasteiger partial charge in [-0.15, -0.1) is 0 Å². The van der Waals surface area contributed by atoms with E-state index in [1.807, 2.05) is 22.6 Å². The predicted molar refractivity (Wildman–Crippen MR) is 74.5 cm³/mol. The molecular formula is C10H9ClIN3O2. The third kappa shape index (κ3) is 3.34. The number of nitrogens with two attached hydrogens (primary N) is 1. The Morgan fingerprint density at radius 3 is 2.88 bits per heavy atom. The molecule has 0 saturated heterocycles. The molecule has 0 bridgehead atoms. The maximum atomic E-state index is 11.0. The summed E-state index contributed by atoms with van der Waals surface area (Å²) in [5.41, 5.74) is 5.68. The van der Waals surface area contributed by atoms with Gasteiger partial charge in [0, 0.05) is 6.07 Å². The van der Waals surface area contributed by atoms with Crippen LogP contribution in [-0.4, -0.2) is 20.9 Å². The van der Waals surface area contributed by atoms with Crippen molar-refractivity contribution in [1.29, 1.82) is 0 Å². The highest BCUT2D eigenvalue weighted by molar-refractivity contribution is 14.1. The maximum Gasteiger partial charge on any atom is 0.354 e. The fourth-order valence-electron chi connectivity index (χ4n) is 1.03. The summed E-state index contributed by atoms with van der Waals surface area (Å²) in [6, 6.07) is 1.40. The van der Waals surface area contributed by atoms with Crippen LogP contribution in [0.5, 0.6) is 0 Å². The standard InChI is InChI=1S/C10H9ClIN3O2/c1-2-3-4-6(11)9(13)15-7(10(16)17)5-8(12)14-15/h2-5H,1,13H2,(H,16,17)/b4-3-,9-6-. The summed E-state index contributed by atoms with van der Waals surface area (Å²) in [4.78, 5) is 11.0. The van der Waals surface area contributed by atoms with E-state index in [0.717, 1.165) is 4.68 Å². The number of hydrogen-bond donors (Lipinski definition) is 2. The van der Waals surface area contributed by atoms with Crippen molar-refractivity contribution in [1.82, 2.24) is 9.78 Å². The van der Waals surface area contributed by atoms with Gasteiger partial charge in [0.05, 0.1) is 5.03 Å². The van der Waals surface area contributed by atoms with E-state index in [1.54, 1.807) is 6.08 Å². The zero-order chi connectivity index (χ0) is 13.0. The Hall–Kier alpha value is -1.28. The highest BCUT2D eigenvalue weighted by Gasteiger charge is 2.16. The minimum absolute atomic E-state index is 0.0444. The number of carbonyl (C=O) groups is 1. The van der Waals surface area contributed by atoms with Crippen LogP contribution in [0.4, 0.5) is 0 Å². The van der Waals surface area contributed by atoms with Crippen molar-refractivity contribution in [3.8, 4) is 0 Å². The first-order valence-corrected chi connectivity index (χ1v) is 5.86. The van der Waals surface area contributed by atoms with Crippen LogP contribution < -0.4 is 5.73 Å². The van der Waals surface area contributed by atoms with Crippen molar-refractivity contribution in [3.05, 3.63) is 45.3 Å². The molecule has 0 aliphatic rings. The summed E-state index contributed by atoms with van der Waals surface area (Å²) in [7, 11) is 0. The molecule has 0 fully saturated rings. The summed E-state index contributed by atoms with van der Waals surface area (Å²) in [5, 5.41) is 13.1. The van der Waals surface area contributed by atoms with E-state index >= 15 is 0 Å². The molecule has 0 unspecified atom stereocenters. The highest BCUT2D eigenvalue weighted by Crippen LogP contribution is 2.16. The van der Waals surface area contributed by atoms with Gasteiger partial charge < -0.3 is 10.8 Å². The Kier molecular flexibility index (Phi) is 4.76. The molecule has 1 heterocycles. The lowest BCUT2D eigenvalue weighted by Crippen LogP contribution is -2.15. The number of allylic oxidation sites excluding steroid dienone is 4. The lowest BCUT2D eigenvalue weighted by molar-refractivity contribution is 0.0687. The van der Waals surface area contributed by atoms with Crippen LogP contribution in [0.1, 0.15) is 10.5 Å². The molecule has 0 radical (unpaired) electrons. The van der Waals surface area contributed by atoms with Gasteiger partial charge in [-0.1, -0.05) is 30.3 Å². The Balaban J connectivity index is 3.28. The van der Waals surface area contributed by atoms with Gasteiger partial charge in [-0.3, -0.25) is 0 Å². The second-order valence-electron chi connectivity index (χ2n) is 2.90. The number of carboxylic acids is 1. The van der Waals surface area contributed by atoms with Crippen LogP contribution >= 0.6 is 34.2 Å². The molecule has 5 nitrogen and oxygen atoms in total. The Labute approximate surface area is 116 Å². The van der Waals surface area contributed by atoms with Gasteiger partial charge in [-0.05, 0) is 28.7 Å². The molecule has 0 aromatic carbocycles. The number of rotatable bonds is 4. The normalized spacial score (nSPS) is 12.6. The molecule has 1 aromatic rings. The quantitative estimate of drug-likeness (QED) is 0.633. The van der Waals surface area contributed by atoms with E-state index in [0.29, 0.717) is 3.70 Å². The number of carboxylic acid groups (broad SMARTS) is 1. The second kappa shape index (κ2) is 5.87. The molecule has 3 N–H and O–H groups in total. The number of aromatic carboxylic acids is 1. The zero-order valence-electron chi connectivity index (χ0n) is 8.60. The second-order valence-corrected chi connectivity index (χ2v) is 4.41. The average molecular weight is 366 g/mol. The van der Waals surface area contributed by atoms with Crippen molar-refractivity contribution < 1.29 is 9.90 Å².